The van der Waals surface area contributed by atoms with Crippen LogP contribution in [0.25, 0.3) is 0 Å². The van der Waals surface area contributed by atoms with Gasteiger partial charge in [0.05, 0.1) is 0 Å². The molecule has 0 N–H and O–H groups in total. The van der Waals surface area contributed by atoms with Gasteiger partial charge in [0.25, 0.3) is 0 Å². The Morgan fingerprint density at radius 1 is 1.30 bits per heavy atom. The van der Waals surface area contributed by atoms with E-state index >= 15 is 0 Å². The first-order valence-electron chi connectivity index (χ1n) is 7.60. The quantitative estimate of drug-likeness (QED) is 0.741. The van der Waals surface area contributed by atoms with E-state index in [9.17, 15) is 13.2 Å². The van der Waals surface area contributed by atoms with E-state index in [1.807, 2.05) is 0 Å². The second-order valence-corrected chi connectivity index (χ2v) is 9.34. The minimum atomic E-state index is -3.05. The summed E-state index contributed by atoms with van der Waals surface area (Å²) in [6, 6.07) is 0. The molecule has 2 rings (SSSR count). The monoisotopic (exact) mass is 319 g/mol. The Kier molecular flexibility index (Phi) is 5.93. The third-order valence-electron chi connectivity index (χ3n) is 4.39. The maximum atomic E-state index is 12.2. The molecule has 0 aromatic carbocycles. The Hall–Kier alpha value is -0.0700. The zero-order chi connectivity index (χ0) is 14.6. The van der Waals surface area contributed by atoms with Crippen molar-refractivity contribution in [1.82, 2.24) is 4.90 Å². The highest BCUT2D eigenvalue weighted by molar-refractivity contribution is 8.01. The lowest BCUT2D eigenvalue weighted by Gasteiger charge is -2.36. The van der Waals surface area contributed by atoms with E-state index in [0.29, 0.717) is 24.5 Å². The first-order valence-corrected chi connectivity index (χ1v) is 10.5. The van der Waals surface area contributed by atoms with Gasteiger partial charge in [-0.25, -0.2) is 8.42 Å². The number of ketones is 1. The third-order valence-corrected chi connectivity index (χ3v) is 7.73. The number of carbonyl (C=O) groups is 1. The fraction of sp³-hybridized carbons (Fsp3) is 0.929. The van der Waals surface area contributed by atoms with Crippen molar-refractivity contribution < 1.29 is 13.2 Å². The Balaban J connectivity index is 2.06. The zero-order valence-electron chi connectivity index (χ0n) is 12.2. The van der Waals surface area contributed by atoms with E-state index in [4.69, 9.17) is 0 Å². The average Bonchev–Trinajstić information content (AvgIpc) is 2.65. The Morgan fingerprint density at radius 3 is 2.85 bits per heavy atom. The van der Waals surface area contributed by atoms with Crippen LogP contribution in [-0.4, -0.2) is 54.8 Å². The minimum Gasteiger partial charge on any atom is -0.299 e. The summed E-state index contributed by atoms with van der Waals surface area (Å²) in [6.45, 7) is 3.14. The van der Waals surface area contributed by atoms with Gasteiger partial charge in [0.15, 0.2) is 9.84 Å². The molecule has 2 aliphatic rings. The van der Waals surface area contributed by atoms with Crippen LogP contribution in [0.2, 0.25) is 0 Å². The van der Waals surface area contributed by atoms with Gasteiger partial charge in [-0.3, -0.25) is 9.69 Å². The van der Waals surface area contributed by atoms with Crippen molar-refractivity contribution in [3.8, 4) is 0 Å². The minimum absolute atomic E-state index is 0.0511. The van der Waals surface area contributed by atoms with Crippen LogP contribution in [-0.2, 0) is 14.6 Å². The number of thioether (sulfide) groups is 1. The molecule has 0 spiro atoms. The molecule has 1 saturated carbocycles. The Bertz CT molecular complexity index is 436. The first kappa shape index (κ1) is 16.3. The Morgan fingerprint density at radius 2 is 2.10 bits per heavy atom. The number of rotatable bonds is 4. The van der Waals surface area contributed by atoms with E-state index in [2.05, 4.69) is 4.90 Å². The van der Waals surface area contributed by atoms with Crippen molar-refractivity contribution in [2.45, 2.75) is 44.4 Å². The van der Waals surface area contributed by atoms with Gasteiger partial charge in [-0.15, -0.1) is 0 Å². The molecule has 0 radical (unpaired) electrons. The fourth-order valence-corrected chi connectivity index (χ4v) is 6.15. The van der Waals surface area contributed by atoms with E-state index in [1.165, 1.54) is 0 Å². The number of nitrogens with zero attached hydrogens (tertiary/aromatic N) is 1. The van der Waals surface area contributed by atoms with Crippen LogP contribution in [0.5, 0.6) is 0 Å². The molecule has 6 heteroatoms. The molecule has 4 nitrogen and oxygen atoms in total. The van der Waals surface area contributed by atoms with Crippen LogP contribution in [0.4, 0.5) is 0 Å². The van der Waals surface area contributed by atoms with Crippen molar-refractivity contribution in [3.63, 3.8) is 0 Å². The topological polar surface area (TPSA) is 54.5 Å². The van der Waals surface area contributed by atoms with Gasteiger partial charge in [0.1, 0.15) is 11.2 Å². The summed E-state index contributed by atoms with van der Waals surface area (Å²) >= 11 is 1.71. The smallest absolute Gasteiger partial charge is 0.166 e. The molecule has 116 valence electrons. The highest BCUT2D eigenvalue weighted by Gasteiger charge is 2.35. The van der Waals surface area contributed by atoms with Crippen molar-refractivity contribution >= 4 is 27.4 Å². The molecule has 2 unspecified atom stereocenters. The van der Waals surface area contributed by atoms with Crippen LogP contribution in [0.1, 0.15) is 39.0 Å². The lowest BCUT2D eigenvalue weighted by molar-refractivity contribution is -0.123. The number of Topliss-reactive ketones (excluding diaryl/α,β-unsaturated/α-hetero) is 1. The molecule has 2 atom stereocenters. The van der Waals surface area contributed by atoms with Crippen LogP contribution in [0.15, 0.2) is 0 Å². The van der Waals surface area contributed by atoms with Gasteiger partial charge in [0, 0.05) is 42.7 Å². The molecule has 0 amide bonds. The third kappa shape index (κ3) is 3.98. The zero-order valence-corrected chi connectivity index (χ0v) is 13.8. The van der Waals surface area contributed by atoms with Crippen LogP contribution >= 0.6 is 11.8 Å². The predicted octanol–water partition coefficient (Wildman–Crippen LogP) is 1.95. The standard InChI is InChI=1S/C14H25NO3S2/c1-2-20(17,18)14-11-19-9-8-15(14)10-12-6-4-3-5-7-13(12)16/h12,14H,2-11H2,1H3. The van der Waals surface area contributed by atoms with Crippen molar-refractivity contribution in [2.75, 3.05) is 30.3 Å². The second kappa shape index (κ2) is 7.27. The summed E-state index contributed by atoms with van der Waals surface area (Å²) in [5.74, 6) is 2.20. The molecule has 20 heavy (non-hydrogen) atoms. The highest BCUT2D eigenvalue weighted by atomic mass is 32.2. The second-order valence-electron chi connectivity index (χ2n) is 5.74. The van der Waals surface area contributed by atoms with Gasteiger partial charge in [-0.1, -0.05) is 19.8 Å². The predicted molar refractivity (Wildman–Crippen MR) is 83.7 cm³/mol. The molecule has 1 heterocycles. The van der Waals surface area contributed by atoms with E-state index in [-0.39, 0.29) is 17.0 Å². The number of hydrogen-bond donors (Lipinski definition) is 0. The van der Waals surface area contributed by atoms with E-state index in [0.717, 1.165) is 38.0 Å². The fourth-order valence-electron chi connectivity index (χ4n) is 3.06. The lowest BCUT2D eigenvalue weighted by atomic mass is 9.98. The summed E-state index contributed by atoms with van der Waals surface area (Å²) in [7, 11) is -3.05. The van der Waals surface area contributed by atoms with Crippen LogP contribution in [0.3, 0.4) is 0 Å². The maximum absolute atomic E-state index is 12.2. The molecular weight excluding hydrogens is 294 g/mol. The number of hydrogen-bond acceptors (Lipinski definition) is 5. The molecule has 0 aromatic heterocycles. The lowest BCUT2D eigenvalue weighted by Crippen LogP contribution is -2.50. The van der Waals surface area contributed by atoms with Gasteiger partial charge in [0.2, 0.25) is 0 Å². The summed E-state index contributed by atoms with van der Waals surface area (Å²) < 4.78 is 24.4. The molecule has 1 saturated heterocycles. The van der Waals surface area contributed by atoms with Crippen LogP contribution in [0, 0.1) is 5.92 Å². The largest absolute Gasteiger partial charge is 0.299 e. The van der Waals surface area contributed by atoms with Gasteiger partial charge in [-0.05, 0) is 12.8 Å². The van der Waals surface area contributed by atoms with Crippen LogP contribution < -0.4 is 0 Å². The summed E-state index contributed by atoms with van der Waals surface area (Å²) in [6.07, 6.45) is 4.85. The first-order chi connectivity index (χ1) is 9.54. The van der Waals surface area contributed by atoms with Crippen molar-refractivity contribution in [1.29, 1.82) is 0 Å². The van der Waals surface area contributed by atoms with Crippen molar-refractivity contribution in [2.24, 2.45) is 5.92 Å². The van der Waals surface area contributed by atoms with E-state index in [1.54, 1.807) is 18.7 Å². The Labute approximate surface area is 126 Å². The summed E-state index contributed by atoms with van der Waals surface area (Å²) in [5.41, 5.74) is 0. The molecule has 2 fully saturated rings. The molecule has 1 aliphatic heterocycles. The molecular formula is C14H25NO3S2. The average molecular weight is 319 g/mol. The highest BCUT2D eigenvalue weighted by Crippen LogP contribution is 2.26. The number of sulfone groups is 1. The van der Waals surface area contributed by atoms with Gasteiger partial charge >= 0.3 is 0 Å². The normalized spacial score (nSPS) is 30.1. The summed E-state index contributed by atoms with van der Waals surface area (Å²) in [5, 5.41) is -0.387. The molecule has 1 aliphatic carbocycles. The van der Waals surface area contributed by atoms with Gasteiger partial charge < -0.3 is 0 Å². The van der Waals surface area contributed by atoms with Crippen molar-refractivity contribution in [3.05, 3.63) is 0 Å². The van der Waals surface area contributed by atoms with Gasteiger partial charge in [-0.2, -0.15) is 11.8 Å². The molecule has 0 aromatic rings. The SMILES string of the molecule is CCS(=O)(=O)C1CSCCN1CC1CCCCCC1=O. The molecule has 0 bridgehead atoms. The van der Waals surface area contributed by atoms with E-state index < -0.39 is 9.84 Å². The summed E-state index contributed by atoms with van der Waals surface area (Å²) in [4.78, 5) is 14.2. The maximum Gasteiger partial charge on any atom is 0.166 e. The number of carbonyl (C=O) groups excluding carboxylic acids is 1.